The van der Waals surface area contributed by atoms with Gasteiger partial charge in [0.1, 0.15) is 12.1 Å². The predicted octanol–water partition coefficient (Wildman–Crippen LogP) is 4.02. The molecule has 2 amide bonds. The minimum atomic E-state index is -1.31. The van der Waals surface area contributed by atoms with Crippen LogP contribution in [0.2, 0.25) is 0 Å². The van der Waals surface area contributed by atoms with Crippen molar-refractivity contribution in [2.24, 2.45) is 5.41 Å². The second-order valence-corrected chi connectivity index (χ2v) is 9.37. The fraction of sp³-hybridized carbons (Fsp3) is 0.423. The number of likely N-dealkylation sites (N-methyl/N-ethyl adjacent to an activating group) is 1. The number of hydrogen-bond donors (Lipinski definition) is 2. The van der Waals surface area contributed by atoms with Crippen molar-refractivity contribution in [3.8, 4) is 11.1 Å². The first-order valence-corrected chi connectivity index (χ1v) is 11.4. The fourth-order valence-electron chi connectivity index (χ4n) is 4.70. The van der Waals surface area contributed by atoms with Gasteiger partial charge in [0.05, 0.1) is 5.41 Å². The number of carboxylic acids is 1. The molecule has 2 N–H and O–H groups in total. The molecule has 0 atom stereocenters. The number of aliphatic carboxylic acids is 1. The minimum absolute atomic E-state index is 0.0355. The molecule has 174 valence electrons. The van der Waals surface area contributed by atoms with Gasteiger partial charge in [-0.3, -0.25) is 4.79 Å². The maximum absolute atomic E-state index is 13.1. The molecule has 4 rings (SSSR count). The van der Waals surface area contributed by atoms with Crippen molar-refractivity contribution in [2.45, 2.75) is 45.1 Å². The van der Waals surface area contributed by atoms with Crippen molar-refractivity contribution in [2.75, 3.05) is 19.7 Å². The van der Waals surface area contributed by atoms with Crippen LogP contribution >= 0.6 is 0 Å². The number of fused-ring (bicyclic) bond motifs is 3. The molecule has 0 heterocycles. The summed E-state index contributed by atoms with van der Waals surface area (Å²) >= 11 is 0. The first kappa shape index (κ1) is 22.8. The van der Waals surface area contributed by atoms with Gasteiger partial charge >= 0.3 is 12.1 Å². The molecule has 0 spiro atoms. The van der Waals surface area contributed by atoms with E-state index in [0.29, 0.717) is 12.8 Å². The number of alkyl carbamates (subject to hydrolysis) is 1. The number of rotatable bonds is 8. The van der Waals surface area contributed by atoms with E-state index >= 15 is 0 Å². The second-order valence-electron chi connectivity index (χ2n) is 9.37. The molecule has 2 aromatic carbocycles. The Bertz CT molecular complexity index is 1040. The van der Waals surface area contributed by atoms with Gasteiger partial charge < -0.3 is 20.1 Å². The van der Waals surface area contributed by atoms with Crippen LogP contribution in [0.15, 0.2) is 48.5 Å². The Morgan fingerprint density at radius 2 is 1.61 bits per heavy atom. The number of carbonyl (C=O) groups is 3. The van der Waals surface area contributed by atoms with Gasteiger partial charge in [-0.1, -0.05) is 48.5 Å². The predicted molar refractivity (Wildman–Crippen MR) is 124 cm³/mol. The van der Waals surface area contributed by atoms with E-state index in [0.717, 1.165) is 22.3 Å². The van der Waals surface area contributed by atoms with Crippen LogP contribution in [0.3, 0.4) is 0 Å². The Balaban J connectivity index is 1.38. The zero-order chi connectivity index (χ0) is 23.8. The van der Waals surface area contributed by atoms with Crippen LogP contribution in [0.5, 0.6) is 0 Å². The third-order valence-corrected chi connectivity index (χ3v) is 6.98. The van der Waals surface area contributed by atoms with E-state index in [-0.39, 0.29) is 31.5 Å². The quantitative estimate of drug-likeness (QED) is 0.633. The van der Waals surface area contributed by atoms with Crippen molar-refractivity contribution in [1.29, 1.82) is 0 Å². The zero-order valence-electron chi connectivity index (χ0n) is 19.3. The minimum Gasteiger partial charge on any atom is -0.480 e. The summed E-state index contributed by atoms with van der Waals surface area (Å²) in [4.78, 5) is 38.7. The zero-order valence-corrected chi connectivity index (χ0v) is 19.3. The van der Waals surface area contributed by atoms with E-state index in [4.69, 9.17) is 4.74 Å². The number of amides is 2. The normalized spacial score (nSPS) is 15.8. The highest BCUT2D eigenvalue weighted by atomic mass is 16.5. The van der Waals surface area contributed by atoms with Crippen molar-refractivity contribution in [3.63, 3.8) is 0 Å². The molecule has 7 nitrogen and oxygen atoms in total. The van der Waals surface area contributed by atoms with Crippen LogP contribution in [-0.2, 0) is 14.3 Å². The molecule has 0 saturated heterocycles. The number of nitrogens with zero attached hydrogens (tertiary/aromatic N) is 1. The lowest BCUT2D eigenvalue weighted by atomic mass is 9.97. The topological polar surface area (TPSA) is 95.9 Å². The number of carboxylic acid groups (broad SMARTS) is 1. The summed E-state index contributed by atoms with van der Waals surface area (Å²) in [7, 11) is 0. The Hall–Kier alpha value is -3.35. The summed E-state index contributed by atoms with van der Waals surface area (Å²) in [6.07, 6.45) is 0.653. The first-order valence-electron chi connectivity index (χ1n) is 11.4. The van der Waals surface area contributed by atoms with Gasteiger partial charge in [-0.05, 0) is 55.9 Å². The Morgan fingerprint density at radius 1 is 1.06 bits per heavy atom. The van der Waals surface area contributed by atoms with Crippen LogP contribution in [0.25, 0.3) is 11.1 Å². The van der Waals surface area contributed by atoms with Gasteiger partial charge in [0.25, 0.3) is 0 Å². The second kappa shape index (κ2) is 8.54. The van der Waals surface area contributed by atoms with E-state index < -0.39 is 23.0 Å². The fourth-order valence-corrected chi connectivity index (χ4v) is 4.70. The van der Waals surface area contributed by atoms with Crippen LogP contribution < -0.4 is 5.32 Å². The first-order chi connectivity index (χ1) is 15.7. The van der Waals surface area contributed by atoms with Gasteiger partial charge in [-0.25, -0.2) is 9.59 Å². The molecule has 0 unspecified atom stereocenters. The van der Waals surface area contributed by atoms with Crippen LogP contribution in [0, 0.1) is 5.41 Å². The lowest BCUT2D eigenvalue weighted by molar-refractivity contribution is -0.159. The van der Waals surface area contributed by atoms with Gasteiger partial charge in [0, 0.05) is 19.0 Å². The highest BCUT2D eigenvalue weighted by molar-refractivity contribution is 5.91. The molecule has 0 aliphatic heterocycles. The number of hydrogen-bond acceptors (Lipinski definition) is 4. The number of carbonyl (C=O) groups excluding carboxylic acids is 2. The molecule has 0 radical (unpaired) electrons. The largest absolute Gasteiger partial charge is 0.480 e. The monoisotopic (exact) mass is 450 g/mol. The standard InChI is InChI=1S/C26H30N2O5/c1-4-28(25(2,3)23(30)31)22(29)26(13-14-26)16-27-24(32)33-15-21-19-11-7-5-9-17(19)18-10-6-8-12-20(18)21/h5-12,21H,4,13-16H2,1-3H3,(H,27,32)(H,30,31). The van der Waals surface area contributed by atoms with Crippen LogP contribution in [0.4, 0.5) is 4.79 Å². The molecule has 2 aromatic rings. The molecule has 33 heavy (non-hydrogen) atoms. The van der Waals surface area contributed by atoms with E-state index in [1.54, 1.807) is 6.92 Å². The van der Waals surface area contributed by atoms with Crippen molar-refractivity contribution in [3.05, 3.63) is 59.7 Å². The molecule has 2 aliphatic carbocycles. The third kappa shape index (κ3) is 4.08. The van der Waals surface area contributed by atoms with Crippen molar-refractivity contribution < 1.29 is 24.2 Å². The van der Waals surface area contributed by atoms with Gasteiger partial charge in [-0.15, -0.1) is 0 Å². The lowest BCUT2D eigenvalue weighted by Crippen LogP contribution is -2.56. The molecule has 1 fully saturated rings. The summed E-state index contributed by atoms with van der Waals surface area (Å²) in [6.45, 7) is 5.42. The average molecular weight is 451 g/mol. The SMILES string of the molecule is CCN(C(=O)C1(CNC(=O)OCC2c3ccccc3-c3ccccc32)CC1)C(C)(C)C(=O)O. The summed E-state index contributed by atoms with van der Waals surface area (Å²) in [5, 5.41) is 12.3. The van der Waals surface area contributed by atoms with E-state index in [1.807, 2.05) is 24.3 Å². The van der Waals surface area contributed by atoms with Gasteiger partial charge in [0.15, 0.2) is 0 Å². The summed E-state index contributed by atoms with van der Waals surface area (Å²) in [5.41, 5.74) is 2.51. The van der Waals surface area contributed by atoms with E-state index in [2.05, 4.69) is 29.6 Å². The lowest BCUT2D eigenvalue weighted by Gasteiger charge is -2.37. The maximum Gasteiger partial charge on any atom is 0.407 e. The van der Waals surface area contributed by atoms with E-state index in [9.17, 15) is 19.5 Å². The third-order valence-electron chi connectivity index (χ3n) is 6.98. The van der Waals surface area contributed by atoms with Gasteiger partial charge in [0.2, 0.25) is 5.91 Å². The molecular weight excluding hydrogens is 420 g/mol. The van der Waals surface area contributed by atoms with Crippen molar-refractivity contribution >= 4 is 18.0 Å². The smallest absolute Gasteiger partial charge is 0.407 e. The van der Waals surface area contributed by atoms with E-state index in [1.165, 1.54) is 18.7 Å². The summed E-state index contributed by atoms with van der Waals surface area (Å²) in [6, 6.07) is 16.2. The molecule has 1 saturated carbocycles. The molecular formula is C26H30N2O5. The maximum atomic E-state index is 13.1. The van der Waals surface area contributed by atoms with Gasteiger partial charge in [-0.2, -0.15) is 0 Å². The summed E-state index contributed by atoms with van der Waals surface area (Å²) in [5.74, 6) is -1.33. The highest BCUT2D eigenvalue weighted by Crippen LogP contribution is 2.48. The molecule has 0 aromatic heterocycles. The average Bonchev–Trinajstić information content (AvgIpc) is 3.53. The van der Waals surface area contributed by atoms with Crippen LogP contribution in [-0.4, -0.2) is 53.2 Å². The van der Waals surface area contributed by atoms with Crippen LogP contribution in [0.1, 0.15) is 50.7 Å². The Morgan fingerprint density at radius 3 is 2.09 bits per heavy atom. The highest BCUT2D eigenvalue weighted by Gasteiger charge is 2.54. The summed E-state index contributed by atoms with van der Waals surface area (Å²) < 4.78 is 5.57. The number of benzene rings is 2. The Labute approximate surface area is 193 Å². The Kier molecular flexibility index (Phi) is 5.91. The molecule has 0 bridgehead atoms. The molecule has 2 aliphatic rings. The number of nitrogens with one attached hydrogen (secondary N) is 1. The van der Waals surface area contributed by atoms with Crippen molar-refractivity contribution in [1.82, 2.24) is 10.2 Å². The number of ether oxygens (including phenoxy) is 1. The molecule has 7 heteroatoms.